The molecule has 0 saturated heterocycles. The third-order valence-electron chi connectivity index (χ3n) is 4.57. The number of carbonyl (C=O) groups is 1. The first-order valence-electron chi connectivity index (χ1n) is 8.01. The molecule has 0 unspecified atom stereocenters. The van der Waals surface area contributed by atoms with Gasteiger partial charge in [-0.2, -0.15) is 5.10 Å². The van der Waals surface area contributed by atoms with E-state index in [-0.39, 0.29) is 5.91 Å². The van der Waals surface area contributed by atoms with Gasteiger partial charge in [-0.05, 0) is 42.3 Å². The fourth-order valence-corrected chi connectivity index (χ4v) is 3.35. The molecule has 0 fully saturated rings. The zero-order valence-corrected chi connectivity index (χ0v) is 13.7. The maximum Gasteiger partial charge on any atom is 0.258 e. The molecule has 5 heteroatoms. The van der Waals surface area contributed by atoms with Crippen molar-refractivity contribution in [3.8, 4) is 5.69 Å². The lowest BCUT2D eigenvalue weighted by molar-refractivity contribution is 0.0988. The summed E-state index contributed by atoms with van der Waals surface area (Å²) >= 11 is 0. The van der Waals surface area contributed by atoms with Gasteiger partial charge < -0.3 is 4.90 Å². The number of fused-ring (bicyclic) bond motifs is 1. The van der Waals surface area contributed by atoms with Crippen molar-refractivity contribution in [2.45, 2.75) is 19.8 Å². The molecule has 24 heavy (non-hydrogen) atoms. The van der Waals surface area contributed by atoms with Crippen LogP contribution in [0.15, 0.2) is 55.1 Å². The van der Waals surface area contributed by atoms with Gasteiger partial charge in [-0.3, -0.25) is 4.79 Å². The van der Waals surface area contributed by atoms with Gasteiger partial charge in [-0.1, -0.05) is 25.1 Å². The lowest BCUT2D eigenvalue weighted by Crippen LogP contribution is -2.29. The molecule has 2 heterocycles. The minimum Gasteiger partial charge on any atom is -0.307 e. The lowest BCUT2D eigenvalue weighted by atomic mass is 10.0. The van der Waals surface area contributed by atoms with Crippen LogP contribution >= 0.6 is 0 Å². The number of benzene rings is 2. The standard InChI is InChI=1S/C19H18N4O/c1-13-9-15(7-8-17(13)23-12-20-11-21-23)19(24)22-10-14(2)16-5-3-4-6-18(16)22/h3-9,11-12,14H,10H2,1-2H3/t14-/m0/s1. The van der Waals surface area contributed by atoms with Gasteiger partial charge in [0.15, 0.2) is 0 Å². The van der Waals surface area contributed by atoms with Crippen LogP contribution in [0.3, 0.4) is 0 Å². The van der Waals surface area contributed by atoms with Gasteiger partial charge >= 0.3 is 0 Å². The molecule has 0 spiro atoms. The van der Waals surface area contributed by atoms with E-state index in [0.29, 0.717) is 11.5 Å². The van der Waals surface area contributed by atoms with Crippen molar-refractivity contribution in [1.82, 2.24) is 14.8 Å². The number of hydrogen-bond donors (Lipinski definition) is 0. The molecule has 2 aromatic carbocycles. The number of carbonyl (C=O) groups excluding carboxylic acids is 1. The summed E-state index contributed by atoms with van der Waals surface area (Å²) in [5.74, 6) is 0.403. The van der Waals surface area contributed by atoms with Gasteiger partial charge in [0, 0.05) is 23.7 Å². The van der Waals surface area contributed by atoms with Crippen molar-refractivity contribution >= 4 is 11.6 Å². The summed E-state index contributed by atoms with van der Waals surface area (Å²) in [4.78, 5) is 18.8. The largest absolute Gasteiger partial charge is 0.307 e. The van der Waals surface area contributed by atoms with Crippen molar-refractivity contribution in [3.05, 3.63) is 71.8 Å². The molecular formula is C19H18N4O. The SMILES string of the molecule is Cc1cc(C(=O)N2C[C@H](C)c3ccccc32)ccc1-n1cncn1. The van der Waals surface area contributed by atoms with Gasteiger partial charge in [0.2, 0.25) is 0 Å². The van der Waals surface area contributed by atoms with E-state index in [2.05, 4.69) is 23.1 Å². The number of amides is 1. The Hall–Kier alpha value is -2.95. The maximum atomic E-state index is 13.0. The molecular weight excluding hydrogens is 300 g/mol. The third-order valence-corrected chi connectivity index (χ3v) is 4.57. The number of aromatic nitrogens is 3. The van der Waals surface area contributed by atoms with E-state index < -0.39 is 0 Å². The van der Waals surface area contributed by atoms with Crippen LogP contribution in [-0.4, -0.2) is 27.2 Å². The van der Waals surface area contributed by atoms with Crippen LogP contribution in [0.1, 0.15) is 34.3 Å². The summed E-state index contributed by atoms with van der Waals surface area (Å²) in [6.07, 6.45) is 3.16. The molecule has 0 N–H and O–H groups in total. The Bertz CT molecular complexity index is 901. The third kappa shape index (κ3) is 2.29. The summed E-state index contributed by atoms with van der Waals surface area (Å²) in [7, 11) is 0. The molecule has 1 amide bonds. The zero-order valence-electron chi connectivity index (χ0n) is 13.7. The van der Waals surface area contributed by atoms with E-state index >= 15 is 0 Å². The molecule has 1 aromatic heterocycles. The molecule has 5 nitrogen and oxygen atoms in total. The minimum atomic E-state index is 0.0417. The molecule has 0 aliphatic carbocycles. The summed E-state index contributed by atoms with van der Waals surface area (Å²) in [5, 5.41) is 4.15. The van der Waals surface area contributed by atoms with Crippen molar-refractivity contribution in [2.24, 2.45) is 0 Å². The second-order valence-electron chi connectivity index (χ2n) is 6.22. The van der Waals surface area contributed by atoms with E-state index in [9.17, 15) is 4.79 Å². The Labute approximate surface area is 140 Å². The summed E-state index contributed by atoms with van der Waals surface area (Å²) in [6.45, 7) is 4.86. The molecule has 1 atom stereocenters. The zero-order chi connectivity index (χ0) is 16.7. The highest BCUT2D eigenvalue weighted by Gasteiger charge is 2.30. The monoisotopic (exact) mass is 318 g/mol. The summed E-state index contributed by atoms with van der Waals surface area (Å²) < 4.78 is 1.71. The number of hydrogen-bond acceptors (Lipinski definition) is 3. The highest BCUT2D eigenvalue weighted by molar-refractivity contribution is 6.07. The number of aryl methyl sites for hydroxylation is 1. The van der Waals surface area contributed by atoms with Gasteiger partial charge in [0.25, 0.3) is 5.91 Å². The normalized spacial score (nSPS) is 16.2. The topological polar surface area (TPSA) is 51.0 Å². The molecule has 1 aliphatic rings. The second-order valence-corrected chi connectivity index (χ2v) is 6.22. The average Bonchev–Trinajstić information content (AvgIpc) is 3.23. The van der Waals surface area contributed by atoms with Crippen LogP contribution < -0.4 is 4.90 Å². The number of anilines is 1. The van der Waals surface area contributed by atoms with Gasteiger partial charge in [0.05, 0.1) is 5.69 Å². The summed E-state index contributed by atoms with van der Waals surface area (Å²) in [5.41, 5.74) is 4.88. The fourth-order valence-electron chi connectivity index (χ4n) is 3.35. The Morgan fingerprint density at radius 1 is 1.17 bits per heavy atom. The average molecular weight is 318 g/mol. The fraction of sp³-hybridized carbons (Fsp3) is 0.211. The first-order chi connectivity index (χ1) is 11.6. The molecule has 0 saturated carbocycles. The van der Waals surface area contributed by atoms with Crippen molar-refractivity contribution in [2.75, 3.05) is 11.4 Å². The van der Waals surface area contributed by atoms with Crippen LogP contribution in [0.5, 0.6) is 0 Å². The van der Waals surface area contributed by atoms with E-state index in [0.717, 1.165) is 23.5 Å². The lowest BCUT2D eigenvalue weighted by Gasteiger charge is -2.18. The first-order valence-corrected chi connectivity index (χ1v) is 8.01. The van der Waals surface area contributed by atoms with Crippen LogP contribution in [-0.2, 0) is 0 Å². The molecule has 1 aliphatic heterocycles. The number of rotatable bonds is 2. The van der Waals surface area contributed by atoms with E-state index in [4.69, 9.17) is 0 Å². The van der Waals surface area contributed by atoms with Gasteiger partial charge in [-0.25, -0.2) is 9.67 Å². The molecule has 3 aromatic rings. The molecule has 4 rings (SSSR count). The molecule has 0 bridgehead atoms. The van der Waals surface area contributed by atoms with Crippen molar-refractivity contribution < 1.29 is 4.79 Å². The minimum absolute atomic E-state index is 0.0417. The van der Waals surface area contributed by atoms with Crippen molar-refractivity contribution in [3.63, 3.8) is 0 Å². The number of nitrogens with zero attached hydrogens (tertiary/aromatic N) is 4. The predicted octanol–water partition coefficient (Wildman–Crippen LogP) is 3.34. The maximum absolute atomic E-state index is 13.0. The summed E-state index contributed by atoms with van der Waals surface area (Å²) in [6, 6.07) is 13.8. The second kappa shape index (κ2) is 5.60. The highest BCUT2D eigenvalue weighted by atomic mass is 16.2. The van der Waals surface area contributed by atoms with Crippen molar-refractivity contribution in [1.29, 1.82) is 0 Å². The predicted molar refractivity (Wildman–Crippen MR) is 92.6 cm³/mol. The van der Waals surface area contributed by atoms with Crippen LogP contribution in [0, 0.1) is 6.92 Å². The van der Waals surface area contributed by atoms with Gasteiger partial charge in [0.1, 0.15) is 12.7 Å². The Balaban J connectivity index is 1.68. The van der Waals surface area contributed by atoms with E-state index in [1.54, 1.807) is 11.0 Å². The van der Waals surface area contributed by atoms with E-state index in [1.165, 1.54) is 11.9 Å². The quantitative estimate of drug-likeness (QED) is 0.728. The molecule has 120 valence electrons. The highest BCUT2D eigenvalue weighted by Crippen LogP contribution is 2.36. The van der Waals surface area contributed by atoms with Gasteiger partial charge in [-0.15, -0.1) is 0 Å². The molecule has 0 radical (unpaired) electrons. The van der Waals surface area contributed by atoms with E-state index in [1.807, 2.05) is 48.2 Å². The Morgan fingerprint density at radius 2 is 2.00 bits per heavy atom. The van der Waals surface area contributed by atoms with Crippen LogP contribution in [0.2, 0.25) is 0 Å². The Morgan fingerprint density at radius 3 is 2.75 bits per heavy atom. The first kappa shape index (κ1) is 14.6. The van der Waals surface area contributed by atoms with Crippen LogP contribution in [0.4, 0.5) is 5.69 Å². The van der Waals surface area contributed by atoms with Crippen LogP contribution in [0.25, 0.3) is 5.69 Å². The number of para-hydroxylation sites is 1. The smallest absolute Gasteiger partial charge is 0.258 e. The Kier molecular flexibility index (Phi) is 3.41.